The van der Waals surface area contributed by atoms with Crippen LogP contribution in [0, 0.1) is 11.6 Å². The van der Waals surface area contributed by atoms with Crippen molar-refractivity contribution in [1.82, 2.24) is 0 Å². The Hall–Kier alpha value is -1.83. The van der Waals surface area contributed by atoms with Crippen molar-refractivity contribution in [2.75, 3.05) is 0 Å². The summed E-state index contributed by atoms with van der Waals surface area (Å²) in [5.41, 5.74) is 2.89. The van der Waals surface area contributed by atoms with Gasteiger partial charge in [0.25, 0.3) is 0 Å². The van der Waals surface area contributed by atoms with Crippen LogP contribution in [-0.2, 0) is 4.79 Å². The fourth-order valence-electron chi connectivity index (χ4n) is 2.84. The molecule has 0 saturated heterocycles. The molecule has 2 aromatic carbocycles. The number of carboxylic acid groups (broad SMARTS) is 1. The fraction of sp³-hybridized carbons (Fsp3) is 0.227. The van der Waals surface area contributed by atoms with Crippen molar-refractivity contribution in [2.24, 2.45) is 0 Å². The van der Waals surface area contributed by atoms with Gasteiger partial charge in [-0.3, -0.25) is 4.79 Å². The van der Waals surface area contributed by atoms with Crippen molar-refractivity contribution in [3.05, 3.63) is 89.0 Å². The molecule has 0 aliphatic heterocycles. The molecule has 0 bridgehead atoms. The van der Waals surface area contributed by atoms with E-state index in [0.29, 0.717) is 0 Å². The van der Waals surface area contributed by atoms with E-state index in [0.717, 1.165) is 22.3 Å². The first-order valence-electron chi connectivity index (χ1n) is 8.75. The standard InChI is InChI=1S/C22H22F2O4.Na.H/c1-14(2-11-19(25)12-20(26)13-21(27)28)22(15-3-7-17(23)8-4-15)16-5-9-18(24)10-6-16;;/h2-11,19-20,25-26H,12-13H2,1H3,(H,27,28);;/b11-2+;;. The summed E-state index contributed by atoms with van der Waals surface area (Å²) in [4.78, 5) is 10.6. The monoisotopic (exact) mass is 412 g/mol. The molecule has 0 aliphatic carbocycles. The summed E-state index contributed by atoms with van der Waals surface area (Å²) in [7, 11) is 0. The number of carboxylic acids is 1. The third kappa shape index (κ3) is 8.20. The van der Waals surface area contributed by atoms with Gasteiger partial charge in [0.15, 0.2) is 0 Å². The van der Waals surface area contributed by atoms with Crippen LogP contribution in [-0.4, -0.2) is 63.1 Å². The van der Waals surface area contributed by atoms with Gasteiger partial charge in [0.05, 0.1) is 18.6 Å². The van der Waals surface area contributed by atoms with E-state index in [1.54, 1.807) is 37.3 Å². The van der Waals surface area contributed by atoms with Crippen LogP contribution in [0.15, 0.2) is 66.3 Å². The third-order valence-corrected chi connectivity index (χ3v) is 4.15. The van der Waals surface area contributed by atoms with E-state index >= 15 is 0 Å². The first-order valence-corrected chi connectivity index (χ1v) is 8.75. The molecule has 0 radical (unpaired) electrons. The molecule has 0 heterocycles. The van der Waals surface area contributed by atoms with Crippen molar-refractivity contribution >= 4 is 41.1 Å². The molecule has 4 nitrogen and oxygen atoms in total. The molecular formula is C22H23F2NaO4. The Bertz CT molecular complexity index is 814. The zero-order chi connectivity index (χ0) is 20.7. The van der Waals surface area contributed by atoms with Crippen molar-refractivity contribution in [3.8, 4) is 0 Å². The van der Waals surface area contributed by atoms with Crippen LogP contribution >= 0.6 is 0 Å². The van der Waals surface area contributed by atoms with Crippen molar-refractivity contribution in [3.63, 3.8) is 0 Å². The van der Waals surface area contributed by atoms with E-state index in [4.69, 9.17) is 5.11 Å². The molecule has 0 aromatic heterocycles. The van der Waals surface area contributed by atoms with Gasteiger partial charge in [0.2, 0.25) is 0 Å². The summed E-state index contributed by atoms with van der Waals surface area (Å²) in [6.07, 6.45) is 0.338. The second-order valence-corrected chi connectivity index (χ2v) is 6.49. The Morgan fingerprint density at radius 1 is 0.966 bits per heavy atom. The fourth-order valence-corrected chi connectivity index (χ4v) is 2.84. The molecule has 3 N–H and O–H groups in total. The number of hydrogen-bond donors (Lipinski definition) is 3. The zero-order valence-electron chi connectivity index (χ0n) is 15.3. The van der Waals surface area contributed by atoms with Crippen LogP contribution in [0.2, 0.25) is 0 Å². The number of allylic oxidation sites excluding steroid dienone is 2. The molecule has 2 rings (SSSR count). The molecule has 0 aliphatic rings. The number of hydrogen-bond acceptors (Lipinski definition) is 3. The van der Waals surface area contributed by atoms with E-state index in [1.807, 2.05) is 0 Å². The van der Waals surface area contributed by atoms with Crippen LogP contribution in [0.1, 0.15) is 30.9 Å². The van der Waals surface area contributed by atoms with E-state index in [2.05, 4.69) is 0 Å². The van der Waals surface area contributed by atoms with Gasteiger partial charge in [0, 0.05) is 6.42 Å². The van der Waals surface area contributed by atoms with Gasteiger partial charge in [-0.2, -0.15) is 0 Å². The molecule has 0 fully saturated rings. The van der Waals surface area contributed by atoms with E-state index in [9.17, 15) is 23.8 Å². The summed E-state index contributed by atoms with van der Waals surface area (Å²) in [5, 5.41) is 28.3. The first kappa shape index (κ1) is 25.2. The van der Waals surface area contributed by atoms with Crippen LogP contribution < -0.4 is 0 Å². The number of rotatable bonds is 8. The number of halogens is 2. The average molecular weight is 412 g/mol. The molecule has 0 saturated carbocycles. The quantitative estimate of drug-likeness (QED) is 0.459. The van der Waals surface area contributed by atoms with Crippen molar-refractivity contribution in [1.29, 1.82) is 0 Å². The van der Waals surface area contributed by atoms with Crippen LogP contribution in [0.3, 0.4) is 0 Å². The van der Waals surface area contributed by atoms with Gasteiger partial charge < -0.3 is 15.3 Å². The predicted octanol–water partition coefficient (Wildman–Crippen LogP) is 3.28. The Labute approximate surface area is 190 Å². The number of benzene rings is 2. The second kappa shape index (κ2) is 12.0. The summed E-state index contributed by atoms with van der Waals surface area (Å²) < 4.78 is 26.6. The van der Waals surface area contributed by atoms with E-state index in [-0.39, 0.29) is 47.6 Å². The Balaban J connectivity index is 0.00000420. The zero-order valence-corrected chi connectivity index (χ0v) is 15.3. The molecule has 29 heavy (non-hydrogen) atoms. The topological polar surface area (TPSA) is 77.8 Å². The number of carbonyl (C=O) groups is 1. The summed E-state index contributed by atoms with van der Waals surface area (Å²) in [6, 6.07) is 11.7. The molecule has 0 amide bonds. The number of aliphatic hydroxyl groups excluding tert-OH is 2. The molecule has 7 heteroatoms. The van der Waals surface area contributed by atoms with Gasteiger partial charge in [-0.05, 0) is 53.5 Å². The normalized spacial score (nSPS) is 12.9. The minimum atomic E-state index is -1.16. The minimum absolute atomic E-state index is 0. The Morgan fingerprint density at radius 3 is 1.83 bits per heavy atom. The molecule has 2 aromatic rings. The first-order chi connectivity index (χ1) is 13.3. The second-order valence-electron chi connectivity index (χ2n) is 6.49. The van der Waals surface area contributed by atoms with Gasteiger partial charge >= 0.3 is 35.5 Å². The molecule has 2 atom stereocenters. The van der Waals surface area contributed by atoms with Crippen LogP contribution in [0.5, 0.6) is 0 Å². The maximum atomic E-state index is 13.3. The van der Waals surface area contributed by atoms with Crippen LogP contribution in [0.25, 0.3) is 5.57 Å². The molecule has 0 spiro atoms. The van der Waals surface area contributed by atoms with Crippen LogP contribution in [0.4, 0.5) is 8.78 Å². The summed E-state index contributed by atoms with van der Waals surface area (Å²) >= 11 is 0. The maximum absolute atomic E-state index is 13.3. The summed E-state index contributed by atoms with van der Waals surface area (Å²) in [6.45, 7) is 1.79. The van der Waals surface area contributed by atoms with Gasteiger partial charge in [-0.1, -0.05) is 36.4 Å². The van der Waals surface area contributed by atoms with Gasteiger partial charge in [0.1, 0.15) is 11.6 Å². The van der Waals surface area contributed by atoms with Crippen molar-refractivity contribution in [2.45, 2.75) is 32.0 Å². The molecule has 2 unspecified atom stereocenters. The van der Waals surface area contributed by atoms with Crippen molar-refractivity contribution < 1.29 is 28.9 Å². The number of aliphatic carboxylic acids is 1. The average Bonchev–Trinajstić information content (AvgIpc) is 2.62. The SMILES string of the molecule is CC(/C=C/C(O)CC(O)CC(=O)O)=C(c1ccc(F)cc1)c1ccc(F)cc1.[NaH]. The predicted molar refractivity (Wildman–Crippen MR) is 110 cm³/mol. The van der Waals surface area contributed by atoms with Gasteiger partial charge in [-0.15, -0.1) is 0 Å². The Morgan fingerprint density at radius 2 is 1.41 bits per heavy atom. The summed E-state index contributed by atoms with van der Waals surface area (Å²) in [5.74, 6) is -1.90. The third-order valence-electron chi connectivity index (χ3n) is 4.15. The van der Waals surface area contributed by atoms with Gasteiger partial charge in [-0.25, -0.2) is 8.78 Å². The van der Waals surface area contributed by atoms with E-state index < -0.39 is 24.6 Å². The molecule has 150 valence electrons. The van der Waals surface area contributed by atoms with E-state index in [1.165, 1.54) is 30.3 Å². The Kier molecular flexibility index (Phi) is 10.4. The molecular weight excluding hydrogens is 389 g/mol. The number of aliphatic hydroxyl groups is 2.